The van der Waals surface area contributed by atoms with Crippen LogP contribution >= 0.6 is 7.82 Å². The average molecular weight is 1120 g/mol. The van der Waals surface area contributed by atoms with E-state index in [1.54, 1.807) is 0 Å². The molecule has 0 aliphatic heterocycles. The van der Waals surface area contributed by atoms with Crippen LogP contribution in [0.5, 0.6) is 0 Å². The first-order chi connectivity index (χ1) is 38.2. The number of esters is 3. The summed E-state index contributed by atoms with van der Waals surface area (Å²) < 4.78 is 39.7. The summed E-state index contributed by atoms with van der Waals surface area (Å²) in [5.41, 5.74) is 0. The van der Waals surface area contributed by atoms with Crippen LogP contribution in [0.2, 0.25) is 0 Å². The normalized spacial score (nSPS) is 13.6. The average Bonchev–Trinajstić information content (AvgIpc) is 3.43. The van der Waals surface area contributed by atoms with Gasteiger partial charge in [0.2, 0.25) is 0 Å². The van der Waals surface area contributed by atoms with E-state index < -0.39 is 57.8 Å². The van der Waals surface area contributed by atoms with Crippen molar-refractivity contribution in [1.29, 1.82) is 0 Å². The van der Waals surface area contributed by atoms with Crippen molar-refractivity contribution in [1.82, 2.24) is 0 Å². The maximum atomic E-state index is 13.0. The largest absolute Gasteiger partial charge is 0.472 e. The van der Waals surface area contributed by atoms with Gasteiger partial charge in [-0.3, -0.25) is 23.4 Å². The van der Waals surface area contributed by atoms with Crippen LogP contribution in [0.1, 0.15) is 316 Å². The van der Waals surface area contributed by atoms with Crippen molar-refractivity contribution < 1.29 is 52.2 Å². The molecule has 3 unspecified atom stereocenters. The zero-order valence-electron chi connectivity index (χ0n) is 50.6. The summed E-state index contributed by atoms with van der Waals surface area (Å²) in [5, 5.41) is 9.86. The molecule has 0 bridgehead atoms. The number of phosphoric acid groups is 1. The molecule has 12 heteroatoms. The molecule has 456 valence electrons. The lowest BCUT2D eigenvalue weighted by molar-refractivity contribution is -0.161. The molecule has 11 nitrogen and oxygen atoms in total. The maximum absolute atomic E-state index is 13.0. The second-order valence-electron chi connectivity index (χ2n) is 21.9. The minimum atomic E-state index is -4.75. The van der Waals surface area contributed by atoms with Gasteiger partial charge in [0.1, 0.15) is 12.7 Å². The Kier molecular flexibility index (Phi) is 58.5. The second kappa shape index (κ2) is 60.5. The topological polar surface area (TPSA) is 155 Å². The van der Waals surface area contributed by atoms with E-state index in [2.05, 4.69) is 69.4 Å². The van der Waals surface area contributed by atoms with Crippen LogP contribution in [0.15, 0.2) is 48.6 Å². The highest BCUT2D eigenvalue weighted by Gasteiger charge is 2.28. The minimum Gasteiger partial charge on any atom is -0.462 e. The first-order valence-electron chi connectivity index (χ1n) is 32.5. The van der Waals surface area contributed by atoms with Crippen LogP contribution in [-0.4, -0.2) is 66.5 Å². The quantitative estimate of drug-likeness (QED) is 0.0197. The Balaban J connectivity index is 4.68. The van der Waals surface area contributed by atoms with E-state index >= 15 is 0 Å². The molecule has 78 heavy (non-hydrogen) atoms. The molecule has 0 saturated heterocycles. The molecule has 0 aromatic rings. The van der Waals surface area contributed by atoms with Gasteiger partial charge in [-0.2, -0.15) is 0 Å². The van der Waals surface area contributed by atoms with Gasteiger partial charge in [-0.05, 0) is 83.5 Å². The number of phosphoric ester groups is 1. The summed E-state index contributed by atoms with van der Waals surface area (Å²) in [6.45, 7) is 4.64. The summed E-state index contributed by atoms with van der Waals surface area (Å²) in [6.07, 6.45) is 66.2. The maximum Gasteiger partial charge on any atom is 0.472 e. The van der Waals surface area contributed by atoms with Gasteiger partial charge in [0.15, 0.2) is 6.10 Å². The first kappa shape index (κ1) is 75.4. The van der Waals surface area contributed by atoms with Crippen molar-refractivity contribution >= 4 is 25.7 Å². The van der Waals surface area contributed by atoms with Crippen molar-refractivity contribution in [2.75, 3.05) is 26.4 Å². The number of ether oxygens (including phenoxy) is 3. The van der Waals surface area contributed by atoms with E-state index in [0.29, 0.717) is 19.3 Å². The molecule has 0 heterocycles. The number of rotatable bonds is 61. The lowest BCUT2D eigenvalue weighted by Crippen LogP contribution is -2.30. The van der Waals surface area contributed by atoms with Crippen LogP contribution in [0.4, 0.5) is 0 Å². The molecule has 0 spiro atoms. The molecule has 0 aromatic heterocycles. The predicted molar refractivity (Wildman–Crippen MR) is 325 cm³/mol. The molecule has 3 atom stereocenters. The molecular weight excluding hydrogens is 1000 g/mol. The van der Waals surface area contributed by atoms with Gasteiger partial charge in [-0.1, -0.05) is 262 Å². The Morgan fingerprint density at radius 1 is 0.359 bits per heavy atom. The number of unbranched alkanes of at least 4 members (excludes halogenated alkanes) is 36. The van der Waals surface area contributed by atoms with Gasteiger partial charge in [0.05, 0.1) is 19.8 Å². The van der Waals surface area contributed by atoms with Gasteiger partial charge in [-0.15, -0.1) is 0 Å². The Morgan fingerprint density at radius 2 is 0.628 bits per heavy atom. The summed E-state index contributed by atoms with van der Waals surface area (Å²) in [7, 11) is -4.75. The molecule has 0 rings (SSSR count). The van der Waals surface area contributed by atoms with Gasteiger partial charge in [0, 0.05) is 19.3 Å². The van der Waals surface area contributed by atoms with Gasteiger partial charge in [0.25, 0.3) is 0 Å². The molecule has 0 aliphatic rings. The summed E-state index contributed by atoms with van der Waals surface area (Å²) >= 11 is 0. The lowest BCUT2D eigenvalue weighted by Gasteiger charge is -2.21. The van der Waals surface area contributed by atoms with Crippen LogP contribution in [0, 0.1) is 0 Å². The third-order valence-electron chi connectivity index (χ3n) is 14.2. The van der Waals surface area contributed by atoms with Crippen molar-refractivity contribution in [3.05, 3.63) is 48.6 Å². The monoisotopic (exact) mass is 1120 g/mol. The summed E-state index contributed by atoms with van der Waals surface area (Å²) in [5.74, 6) is -1.46. The lowest BCUT2D eigenvalue weighted by atomic mass is 10.0. The smallest absolute Gasteiger partial charge is 0.462 e. The number of allylic oxidation sites excluding steroid dienone is 8. The van der Waals surface area contributed by atoms with Crippen LogP contribution in [-0.2, 0) is 42.2 Å². The molecule has 0 aromatic carbocycles. The van der Waals surface area contributed by atoms with Gasteiger partial charge < -0.3 is 24.2 Å². The van der Waals surface area contributed by atoms with Crippen molar-refractivity contribution in [2.45, 2.75) is 328 Å². The Hall–Kier alpha value is -2.56. The third kappa shape index (κ3) is 58.1. The van der Waals surface area contributed by atoms with Crippen molar-refractivity contribution in [3.8, 4) is 0 Å². The Labute approximate surface area is 479 Å². The predicted octanol–water partition coefficient (Wildman–Crippen LogP) is 19.7. The second-order valence-corrected chi connectivity index (χ2v) is 23.4. The van der Waals surface area contributed by atoms with E-state index in [1.165, 1.54) is 167 Å². The highest BCUT2D eigenvalue weighted by atomic mass is 31.2. The van der Waals surface area contributed by atoms with Crippen LogP contribution in [0.3, 0.4) is 0 Å². The fourth-order valence-corrected chi connectivity index (χ4v) is 10.0. The van der Waals surface area contributed by atoms with Crippen LogP contribution in [0.25, 0.3) is 0 Å². The molecule has 2 N–H and O–H groups in total. The van der Waals surface area contributed by atoms with Crippen molar-refractivity contribution in [3.63, 3.8) is 0 Å². The van der Waals surface area contributed by atoms with Gasteiger partial charge in [-0.25, -0.2) is 4.57 Å². The molecule has 0 saturated carbocycles. The van der Waals surface area contributed by atoms with Crippen molar-refractivity contribution in [2.24, 2.45) is 0 Å². The fraction of sp³-hybridized carbons (Fsp3) is 0.833. The Bertz CT molecular complexity index is 1490. The molecule has 0 fully saturated rings. The first-order valence-corrected chi connectivity index (χ1v) is 34.0. The van der Waals surface area contributed by atoms with Gasteiger partial charge >= 0.3 is 25.7 Å². The number of aliphatic hydroxyl groups is 1. The zero-order chi connectivity index (χ0) is 56.9. The molecule has 0 aliphatic carbocycles. The highest BCUT2D eigenvalue weighted by molar-refractivity contribution is 7.47. The molecule has 0 amide bonds. The standard InChI is InChI=1S/C66H121O11P/c1-4-7-10-13-16-19-22-25-28-31-34-37-40-43-46-49-52-55-64(68)73-59-63(77-66(70)57-54-51-48-45-42-39-36-33-30-27-24-21-18-15-12-9-6-3)61-75-78(71,72)74-60-62(58-67)76-65(69)56-53-50-47-44-41-38-35-32-29-26-23-20-17-14-11-8-5-2/h16,18-19,21,25,27-28,30,62-63,67H,4-15,17,20,22-24,26,29,31-61H2,1-3H3,(H,71,72)/b19-16-,21-18-,28-25-,30-27-. The van der Waals surface area contributed by atoms with E-state index in [-0.39, 0.29) is 25.9 Å². The minimum absolute atomic E-state index is 0.159. The third-order valence-corrected chi connectivity index (χ3v) is 15.2. The number of hydrogen-bond acceptors (Lipinski definition) is 10. The zero-order valence-corrected chi connectivity index (χ0v) is 51.5. The number of carbonyl (C=O) groups excluding carboxylic acids is 3. The summed E-state index contributed by atoms with van der Waals surface area (Å²) in [4.78, 5) is 48.8. The number of carbonyl (C=O) groups is 3. The van der Waals surface area contributed by atoms with E-state index in [1.807, 2.05) is 0 Å². The number of hydrogen-bond donors (Lipinski definition) is 2. The van der Waals surface area contributed by atoms with E-state index in [4.69, 9.17) is 23.3 Å². The van der Waals surface area contributed by atoms with E-state index in [0.717, 1.165) is 89.9 Å². The number of aliphatic hydroxyl groups excluding tert-OH is 1. The summed E-state index contributed by atoms with van der Waals surface area (Å²) in [6, 6.07) is 0. The molecule has 0 radical (unpaired) electrons. The SMILES string of the molecule is CCCCC/C=C\C/C=C\CCCCCCCCCC(=O)OCC(COP(=O)(O)OCC(CO)OC(=O)CCCCCCCCCCCCCCCCCCC)OC(=O)CCCCCCCCC/C=C\C/C=C\CCCCC. The highest BCUT2D eigenvalue weighted by Crippen LogP contribution is 2.43. The van der Waals surface area contributed by atoms with Crippen LogP contribution < -0.4 is 0 Å². The fourth-order valence-electron chi connectivity index (χ4n) is 9.24. The molecular formula is C66H121O11P. The van der Waals surface area contributed by atoms with E-state index in [9.17, 15) is 28.9 Å². The Morgan fingerprint density at radius 3 is 0.974 bits per heavy atom.